The number of methoxy groups -OCH3 is 3. The van der Waals surface area contributed by atoms with Gasteiger partial charge in [0, 0.05) is 18.7 Å². The number of furan rings is 1. The van der Waals surface area contributed by atoms with E-state index in [1.807, 2.05) is 23.1 Å². The van der Waals surface area contributed by atoms with Crippen LogP contribution in [0.25, 0.3) is 0 Å². The number of benzene rings is 1. The molecule has 6 nitrogen and oxygen atoms in total. The molecule has 1 aliphatic rings. The third kappa shape index (κ3) is 3.96. The molecule has 25 heavy (non-hydrogen) atoms. The van der Waals surface area contributed by atoms with Crippen molar-refractivity contribution in [3.8, 4) is 11.5 Å². The van der Waals surface area contributed by atoms with E-state index in [4.69, 9.17) is 18.6 Å². The van der Waals surface area contributed by atoms with E-state index in [2.05, 4.69) is 0 Å². The first-order valence-electron chi connectivity index (χ1n) is 8.25. The van der Waals surface area contributed by atoms with Gasteiger partial charge in [0.1, 0.15) is 23.9 Å². The van der Waals surface area contributed by atoms with Gasteiger partial charge in [-0.25, -0.2) is 0 Å². The van der Waals surface area contributed by atoms with Gasteiger partial charge in [0.2, 0.25) is 0 Å². The van der Waals surface area contributed by atoms with Crippen LogP contribution in [0.4, 0.5) is 0 Å². The first-order valence-corrected chi connectivity index (χ1v) is 8.25. The Labute approximate surface area is 147 Å². The summed E-state index contributed by atoms with van der Waals surface area (Å²) in [4.78, 5) is 14.8. The standard InChI is InChI=1S/C19H23NO5/c1-22-12-16-7-9-18(25-16)19(21)20(14-4-5-14)11-13-10-15(23-2)6-8-17(13)24-3/h6-10,14H,4-5,11-12H2,1-3H3. The SMILES string of the molecule is COCc1ccc(C(=O)N(Cc2cc(OC)ccc2OC)C2CC2)o1. The Kier molecular flexibility index (Phi) is 5.28. The largest absolute Gasteiger partial charge is 0.497 e. The topological polar surface area (TPSA) is 61.1 Å². The lowest BCUT2D eigenvalue weighted by atomic mass is 10.1. The third-order valence-corrected chi connectivity index (χ3v) is 4.24. The molecule has 1 aromatic carbocycles. The summed E-state index contributed by atoms with van der Waals surface area (Å²) < 4.78 is 21.4. The fourth-order valence-electron chi connectivity index (χ4n) is 2.80. The molecule has 134 valence electrons. The van der Waals surface area contributed by atoms with Crippen molar-refractivity contribution in [3.63, 3.8) is 0 Å². The van der Waals surface area contributed by atoms with E-state index in [9.17, 15) is 4.79 Å². The van der Waals surface area contributed by atoms with Gasteiger partial charge in [0.05, 0.1) is 20.8 Å². The normalized spacial score (nSPS) is 13.6. The van der Waals surface area contributed by atoms with Crippen LogP contribution < -0.4 is 9.47 Å². The molecule has 0 radical (unpaired) electrons. The lowest BCUT2D eigenvalue weighted by Gasteiger charge is -2.23. The summed E-state index contributed by atoms with van der Waals surface area (Å²) in [5.41, 5.74) is 0.908. The maximum absolute atomic E-state index is 12.9. The second kappa shape index (κ2) is 7.61. The second-order valence-corrected chi connectivity index (χ2v) is 6.04. The van der Waals surface area contributed by atoms with Gasteiger partial charge in [-0.05, 0) is 43.2 Å². The molecule has 0 unspecified atom stereocenters. The Balaban J connectivity index is 1.83. The Morgan fingerprint density at radius 3 is 2.60 bits per heavy atom. The summed E-state index contributed by atoms with van der Waals surface area (Å²) >= 11 is 0. The van der Waals surface area contributed by atoms with Gasteiger partial charge in [-0.3, -0.25) is 4.79 Å². The van der Waals surface area contributed by atoms with Gasteiger partial charge in [-0.1, -0.05) is 0 Å². The molecule has 1 heterocycles. The number of carbonyl (C=O) groups is 1. The summed E-state index contributed by atoms with van der Waals surface area (Å²) in [6, 6.07) is 9.31. The first-order chi connectivity index (χ1) is 12.2. The highest BCUT2D eigenvalue weighted by molar-refractivity contribution is 5.92. The lowest BCUT2D eigenvalue weighted by molar-refractivity contribution is 0.0688. The van der Waals surface area contributed by atoms with Crippen LogP contribution in [-0.2, 0) is 17.9 Å². The number of carbonyl (C=O) groups excluding carboxylic acids is 1. The van der Waals surface area contributed by atoms with Gasteiger partial charge in [0.25, 0.3) is 5.91 Å². The smallest absolute Gasteiger partial charge is 0.290 e. The predicted molar refractivity (Wildman–Crippen MR) is 91.9 cm³/mol. The van der Waals surface area contributed by atoms with Crippen LogP contribution in [0.15, 0.2) is 34.7 Å². The van der Waals surface area contributed by atoms with Crippen molar-refractivity contribution in [1.29, 1.82) is 0 Å². The van der Waals surface area contributed by atoms with Crippen molar-refractivity contribution in [2.24, 2.45) is 0 Å². The van der Waals surface area contributed by atoms with Crippen molar-refractivity contribution < 1.29 is 23.4 Å². The molecular formula is C19H23NO5. The van der Waals surface area contributed by atoms with Crippen LogP contribution in [0.5, 0.6) is 11.5 Å². The summed E-state index contributed by atoms with van der Waals surface area (Å²) in [6.07, 6.45) is 2.01. The van der Waals surface area contributed by atoms with Crippen LogP contribution in [-0.4, -0.2) is 38.2 Å². The predicted octanol–water partition coefficient (Wildman–Crippen LogP) is 3.25. The molecule has 1 saturated carbocycles. The maximum Gasteiger partial charge on any atom is 0.290 e. The van der Waals surface area contributed by atoms with Crippen LogP contribution in [0, 0.1) is 0 Å². The van der Waals surface area contributed by atoms with Crippen LogP contribution >= 0.6 is 0 Å². The minimum absolute atomic E-state index is 0.116. The Hall–Kier alpha value is -2.47. The molecule has 2 aromatic rings. The molecule has 3 rings (SSSR count). The van der Waals surface area contributed by atoms with E-state index in [1.54, 1.807) is 33.5 Å². The minimum Gasteiger partial charge on any atom is -0.497 e. The zero-order valence-corrected chi connectivity index (χ0v) is 14.8. The number of rotatable bonds is 8. The quantitative estimate of drug-likeness (QED) is 0.735. The van der Waals surface area contributed by atoms with Crippen LogP contribution in [0.2, 0.25) is 0 Å². The van der Waals surface area contributed by atoms with E-state index < -0.39 is 0 Å². The van der Waals surface area contributed by atoms with Gasteiger partial charge >= 0.3 is 0 Å². The molecule has 0 spiro atoms. The van der Waals surface area contributed by atoms with E-state index in [1.165, 1.54) is 0 Å². The van der Waals surface area contributed by atoms with Crippen molar-refractivity contribution in [3.05, 3.63) is 47.4 Å². The van der Waals surface area contributed by atoms with E-state index in [-0.39, 0.29) is 11.9 Å². The van der Waals surface area contributed by atoms with Crippen molar-refractivity contribution in [2.75, 3.05) is 21.3 Å². The molecule has 0 saturated heterocycles. The number of ether oxygens (including phenoxy) is 3. The summed E-state index contributed by atoms with van der Waals surface area (Å²) in [5, 5.41) is 0. The molecule has 0 atom stereocenters. The number of hydrogen-bond acceptors (Lipinski definition) is 5. The number of hydrogen-bond donors (Lipinski definition) is 0. The molecule has 0 N–H and O–H groups in total. The average molecular weight is 345 g/mol. The van der Waals surface area contributed by atoms with Gasteiger partial charge in [-0.15, -0.1) is 0 Å². The van der Waals surface area contributed by atoms with Crippen molar-refractivity contribution >= 4 is 5.91 Å². The molecule has 1 fully saturated rings. The van der Waals surface area contributed by atoms with E-state index in [0.717, 1.165) is 29.9 Å². The van der Waals surface area contributed by atoms with Crippen molar-refractivity contribution in [1.82, 2.24) is 4.90 Å². The molecular weight excluding hydrogens is 322 g/mol. The van der Waals surface area contributed by atoms with E-state index in [0.29, 0.717) is 24.7 Å². The van der Waals surface area contributed by atoms with Gasteiger partial charge in [0.15, 0.2) is 5.76 Å². The third-order valence-electron chi connectivity index (χ3n) is 4.24. The Morgan fingerprint density at radius 1 is 1.16 bits per heavy atom. The highest BCUT2D eigenvalue weighted by Gasteiger charge is 2.35. The highest BCUT2D eigenvalue weighted by atomic mass is 16.5. The highest BCUT2D eigenvalue weighted by Crippen LogP contribution is 2.33. The molecule has 1 amide bonds. The van der Waals surface area contributed by atoms with Gasteiger partial charge in [-0.2, -0.15) is 0 Å². The molecule has 1 aromatic heterocycles. The number of nitrogens with zero attached hydrogens (tertiary/aromatic N) is 1. The fraction of sp³-hybridized carbons (Fsp3) is 0.421. The lowest BCUT2D eigenvalue weighted by Crippen LogP contribution is -2.32. The molecule has 6 heteroatoms. The monoisotopic (exact) mass is 345 g/mol. The van der Waals surface area contributed by atoms with Gasteiger partial charge < -0.3 is 23.5 Å². The molecule has 1 aliphatic carbocycles. The minimum atomic E-state index is -0.116. The zero-order chi connectivity index (χ0) is 17.8. The Morgan fingerprint density at radius 2 is 1.96 bits per heavy atom. The zero-order valence-electron chi connectivity index (χ0n) is 14.8. The fourth-order valence-corrected chi connectivity index (χ4v) is 2.80. The Bertz CT molecular complexity index is 735. The average Bonchev–Trinajstić information content (AvgIpc) is 3.37. The van der Waals surface area contributed by atoms with Crippen molar-refractivity contribution in [2.45, 2.75) is 32.0 Å². The summed E-state index contributed by atoms with van der Waals surface area (Å²) in [7, 11) is 4.84. The summed E-state index contributed by atoms with van der Waals surface area (Å²) in [6.45, 7) is 0.796. The second-order valence-electron chi connectivity index (χ2n) is 6.04. The molecule has 0 bridgehead atoms. The molecule has 0 aliphatic heterocycles. The summed E-state index contributed by atoms with van der Waals surface area (Å²) in [5.74, 6) is 2.33. The number of amides is 1. The maximum atomic E-state index is 12.9. The van der Waals surface area contributed by atoms with Crippen LogP contribution in [0.3, 0.4) is 0 Å². The van der Waals surface area contributed by atoms with Crippen LogP contribution in [0.1, 0.15) is 34.7 Å². The van der Waals surface area contributed by atoms with E-state index >= 15 is 0 Å². The first kappa shape index (κ1) is 17.4.